The lowest BCUT2D eigenvalue weighted by molar-refractivity contribution is -0.0793. The molecule has 0 spiro atoms. The SMILES string of the molecule is Cc1cc2ncnn2cc1Nc1ncc2c(n1)n(C1C3CC4CC1CC(C)(C4)C3)c(=O)n2C. The van der Waals surface area contributed by atoms with Crippen molar-refractivity contribution in [1.29, 1.82) is 0 Å². The van der Waals surface area contributed by atoms with Crippen LogP contribution in [0.2, 0.25) is 0 Å². The van der Waals surface area contributed by atoms with E-state index in [2.05, 4.69) is 27.3 Å². The molecule has 8 rings (SSSR count). The predicted molar refractivity (Wildman–Crippen MR) is 124 cm³/mol. The van der Waals surface area contributed by atoms with Gasteiger partial charge >= 0.3 is 5.69 Å². The summed E-state index contributed by atoms with van der Waals surface area (Å²) in [4.78, 5) is 27.1. The number of imidazole rings is 1. The van der Waals surface area contributed by atoms with Crippen LogP contribution in [-0.2, 0) is 7.05 Å². The Balaban J connectivity index is 1.32. The van der Waals surface area contributed by atoms with Gasteiger partial charge in [0.1, 0.15) is 11.8 Å². The average molecular weight is 445 g/mol. The zero-order chi connectivity index (χ0) is 22.5. The first-order valence-corrected chi connectivity index (χ1v) is 11.9. The maximum atomic E-state index is 13.5. The topological polar surface area (TPSA) is 94.9 Å². The standard InChI is InChI=1S/C24H28N8O/c1-13-4-19-26-12-27-31(19)11-17(13)28-22-25-10-18-21(29-22)32(23(33)30(18)3)20-15-5-14-6-16(20)9-24(2,7-14)8-15/h4,10-12,14-16,20H,5-9H2,1-3H3,(H,25,28,29). The molecule has 9 nitrogen and oxygen atoms in total. The summed E-state index contributed by atoms with van der Waals surface area (Å²) in [5.74, 6) is 2.44. The molecule has 4 aromatic rings. The Morgan fingerprint density at radius 1 is 1.15 bits per heavy atom. The largest absolute Gasteiger partial charge is 0.330 e. The Hall–Kier alpha value is -3.23. The third-order valence-corrected chi connectivity index (χ3v) is 8.53. The highest BCUT2D eigenvalue weighted by atomic mass is 16.1. The summed E-state index contributed by atoms with van der Waals surface area (Å²) in [6.07, 6.45) is 11.5. The van der Waals surface area contributed by atoms with Crippen molar-refractivity contribution < 1.29 is 0 Å². The van der Waals surface area contributed by atoms with Gasteiger partial charge in [-0.1, -0.05) is 6.92 Å². The average Bonchev–Trinajstić information content (AvgIpc) is 3.30. The second-order valence-electron chi connectivity index (χ2n) is 10.9. The van der Waals surface area contributed by atoms with Gasteiger partial charge in [0.25, 0.3) is 0 Å². The first kappa shape index (κ1) is 19.3. The number of aryl methyl sites for hydroxylation is 2. The second-order valence-corrected chi connectivity index (χ2v) is 10.9. The van der Waals surface area contributed by atoms with Crippen molar-refractivity contribution in [3.8, 4) is 0 Å². The quantitative estimate of drug-likeness (QED) is 0.519. The molecule has 4 aliphatic rings. The molecule has 4 aromatic heterocycles. The number of fused-ring (bicyclic) bond motifs is 2. The van der Waals surface area contributed by atoms with E-state index in [0.29, 0.717) is 23.2 Å². The summed E-state index contributed by atoms with van der Waals surface area (Å²) in [6.45, 7) is 4.47. The molecule has 0 amide bonds. The molecule has 0 aromatic carbocycles. The second kappa shape index (κ2) is 6.42. The molecule has 4 fully saturated rings. The van der Waals surface area contributed by atoms with Crippen molar-refractivity contribution in [1.82, 2.24) is 33.7 Å². The number of nitrogens with zero attached hydrogens (tertiary/aromatic N) is 7. The van der Waals surface area contributed by atoms with Crippen LogP contribution < -0.4 is 11.0 Å². The summed E-state index contributed by atoms with van der Waals surface area (Å²) in [5.41, 5.74) is 4.69. The summed E-state index contributed by atoms with van der Waals surface area (Å²) in [7, 11) is 1.83. The van der Waals surface area contributed by atoms with Crippen LogP contribution in [0.15, 0.2) is 29.6 Å². The lowest BCUT2D eigenvalue weighted by atomic mass is 9.48. The van der Waals surface area contributed by atoms with Gasteiger partial charge in [0, 0.05) is 13.1 Å². The predicted octanol–water partition coefficient (Wildman–Crippen LogP) is 3.61. The number of anilines is 2. The lowest BCUT2D eigenvalue weighted by Crippen LogP contribution is -2.51. The molecule has 9 heteroatoms. The molecule has 2 unspecified atom stereocenters. The van der Waals surface area contributed by atoms with E-state index in [4.69, 9.17) is 4.98 Å². The van der Waals surface area contributed by atoms with Crippen molar-refractivity contribution >= 4 is 28.4 Å². The van der Waals surface area contributed by atoms with Crippen LogP contribution >= 0.6 is 0 Å². The van der Waals surface area contributed by atoms with E-state index in [1.54, 1.807) is 15.3 Å². The monoisotopic (exact) mass is 444 g/mol. The molecule has 4 heterocycles. The van der Waals surface area contributed by atoms with E-state index in [9.17, 15) is 4.79 Å². The fourth-order valence-electron chi connectivity index (χ4n) is 7.50. The number of nitrogens with one attached hydrogen (secondary N) is 1. The highest BCUT2D eigenvalue weighted by molar-refractivity contribution is 5.73. The van der Waals surface area contributed by atoms with Crippen molar-refractivity contribution in [3.63, 3.8) is 0 Å². The molecular formula is C24H28N8O. The fourth-order valence-corrected chi connectivity index (χ4v) is 7.50. The van der Waals surface area contributed by atoms with Crippen molar-refractivity contribution in [2.75, 3.05) is 5.32 Å². The fraction of sp³-hybridized carbons (Fsp3) is 0.542. The van der Waals surface area contributed by atoms with Crippen LogP contribution in [0.25, 0.3) is 16.8 Å². The van der Waals surface area contributed by atoms with E-state index in [1.165, 1.54) is 38.4 Å². The maximum absolute atomic E-state index is 13.5. The van der Waals surface area contributed by atoms with Gasteiger partial charge in [0.15, 0.2) is 11.3 Å². The Labute approximate surface area is 190 Å². The Kier molecular flexibility index (Phi) is 3.75. The Morgan fingerprint density at radius 3 is 2.70 bits per heavy atom. The highest BCUT2D eigenvalue weighted by Gasteiger charge is 2.54. The van der Waals surface area contributed by atoms with E-state index >= 15 is 0 Å². The summed E-state index contributed by atoms with van der Waals surface area (Å²) in [6, 6.07) is 2.21. The molecule has 0 saturated heterocycles. The van der Waals surface area contributed by atoms with E-state index in [0.717, 1.165) is 34.0 Å². The molecule has 4 saturated carbocycles. The molecule has 170 valence electrons. The van der Waals surface area contributed by atoms with Crippen molar-refractivity contribution in [2.24, 2.45) is 30.2 Å². The van der Waals surface area contributed by atoms with Crippen LogP contribution in [0.5, 0.6) is 0 Å². The van der Waals surface area contributed by atoms with Gasteiger partial charge in [-0.15, -0.1) is 0 Å². The maximum Gasteiger partial charge on any atom is 0.330 e. The van der Waals surface area contributed by atoms with E-state index in [-0.39, 0.29) is 11.7 Å². The van der Waals surface area contributed by atoms with E-state index in [1.807, 2.05) is 30.8 Å². The van der Waals surface area contributed by atoms with Gasteiger partial charge in [0.2, 0.25) is 5.95 Å². The minimum Gasteiger partial charge on any atom is -0.323 e. The molecule has 0 aliphatic heterocycles. The molecule has 0 radical (unpaired) electrons. The van der Waals surface area contributed by atoms with Crippen LogP contribution in [-0.4, -0.2) is 33.7 Å². The molecule has 4 aliphatic carbocycles. The van der Waals surface area contributed by atoms with Gasteiger partial charge < -0.3 is 5.32 Å². The van der Waals surface area contributed by atoms with Crippen molar-refractivity contribution in [2.45, 2.75) is 52.0 Å². The van der Waals surface area contributed by atoms with Crippen LogP contribution in [0, 0.1) is 30.1 Å². The molecule has 33 heavy (non-hydrogen) atoms. The normalized spacial score (nSPS) is 30.5. The number of hydrogen-bond donors (Lipinski definition) is 1. The molecule has 1 N–H and O–H groups in total. The van der Waals surface area contributed by atoms with Crippen LogP contribution in [0.4, 0.5) is 11.6 Å². The number of pyridine rings is 1. The van der Waals surface area contributed by atoms with Crippen molar-refractivity contribution in [3.05, 3.63) is 40.8 Å². The lowest BCUT2D eigenvalue weighted by Gasteiger charge is -2.59. The Morgan fingerprint density at radius 2 is 1.94 bits per heavy atom. The molecule has 2 atom stereocenters. The minimum absolute atomic E-state index is 0.0271. The smallest absolute Gasteiger partial charge is 0.323 e. The van der Waals surface area contributed by atoms with Crippen LogP contribution in [0.1, 0.15) is 50.6 Å². The first-order valence-electron chi connectivity index (χ1n) is 11.9. The van der Waals surface area contributed by atoms with Gasteiger partial charge in [-0.3, -0.25) is 9.13 Å². The zero-order valence-corrected chi connectivity index (χ0v) is 19.2. The third-order valence-electron chi connectivity index (χ3n) is 8.53. The van der Waals surface area contributed by atoms with E-state index < -0.39 is 0 Å². The molecular weight excluding hydrogens is 416 g/mol. The summed E-state index contributed by atoms with van der Waals surface area (Å²) < 4.78 is 5.44. The Bertz CT molecular complexity index is 1460. The zero-order valence-electron chi connectivity index (χ0n) is 19.2. The highest BCUT2D eigenvalue weighted by Crippen LogP contribution is 2.63. The number of hydrogen-bond acceptors (Lipinski definition) is 6. The van der Waals surface area contributed by atoms with Gasteiger partial charge in [-0.25, -0.2) is 19.3 Å². The first-order chi connectivity index (χ1) is 15.9. The minimum atomic E-state index is 0.0271. The third kappa shape index (κ3) is 2.74. The summed E-state index contributed by atoms with van der Waals surface area (Å²) >= 11 is 0. The number of aromatic nitrogens is 7. The number of rotatable bonds is 3. The van der Waals surface area contributed by atoms with Gasteiger partial charge in [0.05, 0.1) is 18.1 Å². The van der Waals surface area contributed by atoms with Gasteiger partial charge in [-0.2, -0.15) is 10.1 Å². The summed E-state index contributed by atoms with van der Waals surface area (Å²) in [5, 5.41) is 7.57. The van der Waals surface area contributed by atoms with Crippen LogP contribution in [0.3, 0.4) is 0 Å². The van der Waals surface area contributed by atoms with Gasteiger partial charge in [-0.05, 0) is 73.8 Å². The molecule has 4 bridgehead atoms.